The molecule has 1 aromatic heterocycles. The van der Waals surface area contributed by atoms with Gasteiger partial charge in [-0.05, 0) is 31.2 Å². The van der Waals surface area contributed by atoms with Gasteiger partial charge in [-0.15, -0.1) is 0 Å². The maximum atomic E-state index is 12.0. The van der Waals surface area contributed by atoms with Gasteiger partial charge in [0.15, 0.2) is 0 Å². The van der Waals surface area contributed by atoms with Crippen LogP contribution in [0.3, 0.4) is 0 Å². The molecule has 1 heterocycles. The molecule has 0 radical (unpaired) electrons. The molecule has 0 fully saturated rings. The molecule has 0 aliphatic heterocycles. The third-order valence-electron chi connectivity index (χ3n) is 3.43. The van der Waals surface area contributed by atoms with Crippen LogP contribution in [0.2, 0.25) is 0 Å². The van der Waals surface area contributed by atoms with Gasteiger partial charge in [-0.3, -0.25) is 4.79 Å². The summed E-state index contributed by atoms with van der Waals surface area (Å²) in [7, 11) is 1.61. The van der Waals surface area contributed by atoms with Crippen molar-refractivity contribution in [1.29, 1.82) is 0 Å². The summed E-state index contributed by atoms with van der Waals surface area (Å²) in [5.41, 5.74) is 2.91. The molecular formula is C17H17N3O2. The Bertz CT molecular complexity index is 824. The highest BCUT2D eigenvalue weighted by Gasteiger charge is 2.15. The Kier molecular flexibility index (Phi) is 3.78. The average molecular weight is 295 g/mol. The van der Waals surface area contributed by atoms with Crippen LogP contribution < -0.4 is 10.1 Å². The van der Waals surface area contributed by atoms with Crippen molar-refractivity contribution < 1.29 is 9.53 Å². The Balaban J connectivity index is 2.16. The van der Waals surface area contributed by atoms with Crippen molar-refractivity contribution in [3.8, 4) is 17.1 Å². The summed E-state index contributed by atoms with van der Waals surface area (Å²) in [5, 5.41) is 2.64. The molecule has 2 aromatic carbocycles. The number of aromatic amines is 1. The minimum absolute atomic E-state index is 0.151. The largest absolute Gasteiger partial charge is 0.493 e. The zero-order valence-electron chi connectivity index (χ0n) is 12.5. The van der Waals surface area contributed by atoms with Gasteiger partial charge in [0.25, 0.3) is 5.91 Å². The van der Waals surface area contributed by atoms with Crippen LogP contribution in [-0.2, 0) is 0 Å². The number of H-pyrrole nitrogens is 1. The first-order valence-electron chi connectivity index (χ1n) is 7.17. The SMILES string of the molecule is CCOc1ccccc1-c1nc2c(C(=O)NC)cccc2[nH]1. The fourth-order valence-corrected chi connectivity index (χ4v) is 2.42. The molecule has 0 saturated carbocycles. The average Bonchev–Trinajstić information content (AvgIpc) is 2.98. The number of hydrogen-bond acceptors (Lipinski definition) is 3. The summed E-state index contributed by atoms with van der Waals surface area (Å²) in [6, 6.07) is 13.2. The molecule has 0 spiro atoms. The molecule has 0 aliphatic carbocycles. The quantitative estimate of drug-likeness (QED) is 0.777. The van der Waals surface area contributed by atoms with Crippen molar-refractivity contribution in [1.82, 2.24) is 15.3 Å². The molecule has 1 amide bonds. The molecule has 2 N–H and O–H groups in total. The van der Waals surface area contributed by atoms with E-state index in [1.807, 2.05) is 43.3 Å². The maximum absolute atomic E-state index is 12.0. The van der Waals surface area contributed by atoms with Crippen molar-refractivity contribution in [3.63, 3.8) is 0 Å². The van der Waals surface area contributed by atoms with E-state index in [4.69, 9.17) is 4.74 Å². The van der Waals surface area contributed by atoms with Gasteiger partial charge in [-0.2, -0.15) is 0 Å². The van der Waals surface area contributed by atoms with E-state index < -0.39 is 0 Å². The lowest BCUT2D eigenvalue weighted by Crippen LogP contribution is -2.18. The van der Waals surface area contributed by atoms with E-state index >= 15 is 0 Å². The second-order valence-corrected chi connectivity index (χ2v) is 4.80. The first-order valence-corrected chi connectivity index (χ1v) is 7.17. The normalized spacial score (nSPS) is 10.6. The number of para-hydroxylation sites is 2. The topological polar surface area (TPSA) is 67.0 Å². The molecule has 5 nitrogen and oxygen atoms in total. The number of aromatic nitrogens is 2. The van der Waals surface area contributed by atoms with Gasteiger partial charge in [0.1, 0.15) is 17.1 Å². The summed E-state index contributed by atoms with van der Waals surface area (Å²) in [6.45, 7) is 2.53. The van der Waals surface area contributed by atoms with Crippen molar-refractivity contribution in [2.75, 3.05) is 13.7 Å². The van der Waals surface area contributed by atoms with Gasteiger partial charge in [0, 0.05) is 7.05 Å². The molecule has 0 saturated heterocycles. The Morgan fingerprint density at radius 1 is 1.23 bits per heavy atom. The first-order chi connectivity index (χ1) is 10.7. The molecule has 0 unspecified atom stereocenters. The summed E-state index contributed by atoms with van der Waals surface area (Å²) in [6.07, 6.45) is 0. The number of amides is 1. The lowest BCUT2D eigenvalue weighted by Gasteiger charge is -2.07. The van der Waals surface area contributed by atoms with E-state index in [1.165, 1.54) is 0 Å². The van der Waals surface area contributed by atoms with E-state index in [-0.39, 0.29) is 5.91 Å². The summed E-state index contributed by atoms with van der Waals surface area (Å²) < 4.78 is 5.65. The van der Waals surface area contributed by atoms with Crippen LogP contribution in [0.15, 0.2) is 42.5 Å². The van der Waals surface area contributed by atoms with Crippen LogP contribution in [0.4, 0.5) is 0 Å². The monoisotopic (exact) mass is 295 g/mol. The minimum Gasteiger partial charge on any atom is -0.493 e. The number of ether oxygens (including phenoxy) is 1. The van der Waals surface area contributed by atoms with E-state index in [1.54, 1.807) is 13.1 Å². The number of carbonyl (C=O) groups is 1. The Morgan fingerprint density at radius 2 is 2.05 bits per heavy atom. The number of imidazole rings is 1. The van der Waals surface area contributed by atoms with E-state index in [9.17, 15) is 4.79 Å². The molecule has 0 atom stereocenters. The van der Waals surface area contributed by atoms with Gasteiger partial charge >= 0.3 is 0 Å². The molecule has 5 heteroatoms. The summed E-state index contributed by atoms with van der Waals surface area (Å²) in [5.74, 6) is 1.31. The van der Waals surface area contributed by atoms with E-state index in [0.29, 0.717) is 23.5 Å². The van der Waals surface area contributed by atoms with Crippen LogP contribution in [0.25, 0.3) is 22.4 Å². The lowest BCUT2D eigenvalue weighted by atomic mass is 10.2. The minimum atomic E-state index is -0.151. The zero-order chi connectivity index (χ0) is 15.5. The van der Waals surface area contributed by atoms with Gasteiger partial charge in [0.05, 0.1) is 23.3 Å². The van der Waals surface area contributed by atoms with Gasteiger partial charge < -0.3 is 15.0 Å². The lowest BCUT2D eigenvalue weighted by molar-refractivity contribution is 0.0964. The molecule has 22 heavy (non-hydrogen) atoms. The molecule has 3 aromatic rings. The van der Waals surface area contributed by atoms with E-state index in [2.05, 4.69) is 15.3 Å². The third kappa shape index (κ3) is 2.41. The zero-order valence-corrected chi connectivity index (χ0v) is 12.5. The Labute approximate surface area is 128 Å². The Morgan fingerprint density at radius 3 is 2.82 bits per heavy atom. The number of nitrogens with zero attached hydrogens (tertiary/aromatic N) is 1. The molecule has 0 bridgehead atoms. The third-order valence-corrected chi connectivity index (χ3v) is 3.43. The predicted octanol–water partition coefficient (Wildman–Crippen LogP) is 2.99. The number of carbonyl (C=O) groups excluding carboxylic acids is 1. The van der Waals surface area contributed by atoms with Crippen LogP contribution in [0.5, 0.6) is 5.75 Å². The number of rotatable bonds is 4. The highest BCUT2D eigenvalue weighted by molar-refractivity contribution is 6.05. The second kappa shape index (κ2) is 5.89. The van der Waals surface area contributed by atoms with Crippen molar-refractivity contribution in [2.24, 2.45) is 0 Å². The fraction of sp³-hybridized carbons (Fsp3) is 0.176. The van der Waals surface area contributed by atoms with Gasteiger partial charge in [0.2, 0.25) is 0 Å². The van der Waals surface area contributed by atoms with Crippen LogP contribution in [0, 0.1) is 0 Å². The summed E-state index contributed by atoms with van der Waals surface area (Å²) in [4.78, 5) is 19.8. The predicted molar refractivity (Wildman–Crippen MR) is 86.1 cm³/mol. The number of nitrogens with one attached hydrogen (secondary N) is 2. The van der Waals surface area contributed by atoms with E-state index in [0.717, 1.165) is 16.8 Å². The standard InChI is InChI=1S/C17H17N3O2/c1-3-22-14-10-5-4-7-11(14)16-19-13-9-6-8-12(15(13)20-16)17(21)18-2/h4-10H,3H2,1-2H3,(H,18,21)(H,19,20). The van der Waals surface area contributed by atoms with Gasteiger partial charge in [-0.1, -0.05) is 18.2 Å². The number of benzene rings is 2. The van der Waals surface area contributed by atoms with Crippen molar-refractivity contribution in [3.05, 3.63) is 48.0 Å². The maximum Gasteiger partial charge on any atom is 0.253 e. The number of hydrogen-bond donors (Lipinski definition) is 2. The fourth-order valence-electron chi connectivity index (χ4n) is 2.42. The molecule has 112 valence electrons. The number of fused-ring (bicyclic) bond motifs is 1. The van der Waals surface area contributed by atoms with Crippen LogP contribution in [-0.4, -0.2) is 29.5 Å². The van der Waals surface area contributed by atoms with Gasteiger partial charge in [-0.25, -0.2) is 4.98 Å². The van der Waals surface area contributed by atoms with Crippen molar-refractivity contribution >= 4 is 16.9 Å². The molecule has 0 aliphatic rings. The Hall–Kier alpha value is -2.82. The molecule has 3 rings (SSSR count). The van der Waals surface area contributed by atoms with Crippen molar-refractivity contribution in [2.45, 2.75) is 6.92 Å². The van der Waals surface area contributed by atoms with Crippen LogP contribution in [0.1, 0.15) is 17.3 Å². The highest BCUT2D eigenvalue weighted by atomic mass is 16.5. The molecular weight excluding hydrogens is 278 g/mol. The van der Waals surface area contributed by atoms with Crippen LogP contribution >= 0.6 is 0 Å². The first kappa shape index (κ1) is 14.1. The second-order valence-electron chi connectivity index (χ2n) is 4.80. The smallest absolute Gasteiger partial charge is 0.253 e. The summed E-state index contributed by atoms with van der Waals surface area (Å²) >= 11 is 0. The highest BCUT2D eigenvalue weighted by Crippen LogP contribution is 2.30.